The van der Waals surface area contributed by atoms with Gasteiger partial charge in [-0.1, -0.05) is 0 Å². The molecule has 0 saturated carbocycles. The summed E-state index contributed by atoms with van der Waals surface area (Å²) in [7, 11) is -2.14. The van der Waals surface area contributed by atoms with Gasteiger partial charge in [-0.05, 0) is 13.8 Å². The predicted molar refractivity (Wildman–Crippen MR) is 32.3 cm³/mol. The Labute approximate surface area is 71.6 Å². The SMILES string of the molecule is CCO[PH](=O)OCC.[Au]. The molecule has 0 bridgehead atoms. The Kier molecular flexibility index (Phi) is 12.4. The standard InChI is InChI=1S/C4H11O3P.Au/c1-3-6-8(5)7-4-2;/h8H,3-4H2,1-2H3;. The molecule has 0 aliphatic carbocycles. The van der Waals surface area contributed by atoms with E-state index < -0.39 is 8.25 Å². The summed E-state index contributed by atoms with van der Waals surface area (Å²) in [6, 6.07) is 0. The predicted octanol–water partition coefficient (Wildman–Crippen LogP) is 1.45. The van der Waals surface area contributed by atoms with E-state index in [0.29, 0.717) is 13.2 Å². The summed E-state index contributed by atoms with van der Waals surface area (Å²) in [5.74, 6) is 0. The molecule has 0 unspecified atom stereocenters. The molecule has 0 aliphatic rings. The van der Waals surface area contributed by atoms with E-state index in [4.69, 9.17) is 0 Å². The molecule has 1 radical (unpaired) electrons. The van der Waals surface area contributed by atoms with E-state index in [1.165, 1.54) is 0 Å². The third kappa shape index (κ3) is 8.89. The van der Waals surface area contributed by atoms with Crippen molar-refractivity contribution in [3.63, 3.8) is 0 Å². The van der Waals surface area contributed by atoms with E-state index >= 15 is 0 Å². The Morgan fingerprint density at radius 1 is 1.22 bits per heavy atom. The fourth-order valence-corrected chi connectivity index (χ4v) is 0.832. The average molecular weight is 335 g/mol. The molecule has 0 spiro atoms. The van der Waals surface area contributed by atoms with Gasteiger partial charge in [-0.3, -0.25) is 4.57 Å². The van der Waals surface area contributed by atoms with Gasteiger partial charge in [0.05, 0.1) is 13.2 Å². The summed E-state index contributed by atoms with van der Waals surface area (Å²) in [6.07, 6.45) is 0. The van der Waals surface area contributed by atoms with E-state index in [0.717, 1.165) is 0 Å². The minimum Gasteiger partial charge on any atom is -0.311 e. The third-order valence-corrected chi connectivity index (χ3v) is 1.57. The van der Waals surface area contributed by atoms with Gasteiger partial charge in [0.15, 0.2) is 0 Å². The fraction of sp³-hybridized carbons (Fsp3) is 1.00. The second-order valence-electron chi connectivity index (χ2n) is 1.12. The minimum absolute atomic E-state index is 0. The Bertz CT molecular complexity index is 70.2. The van der Waals surface area contributed by atoms with Crippen molar-refractivity contribution in [1.29, 1.82) is 0 Å². The van der Waals surface area contributed by atoms with E-state index in [9.17, 15) is 4.57 Å². The summed E-state index contributed by atoms with van der Waals surface area (Å²) in [6.45, 7) is 4.47. The van der Waals surface area contributed by atoms with Crippen LogP contribution in [-0.2, 0) is 36.0 Å². The van der Waals surface area contributed by atoms with Crippen LogP contribution in [0.3, 0.4) is 0 Å². The summed E-state index contributed by atoms with van der Waals surface area (Å²) >= 11 is 0. The zero-order valence-corrected chi connectivity index (χ0v) is 8.61. The van der Waals surface area contributed by atoms with Crippen molar-refractivity contribution in [3.05, 3.63) is 0 Å². The van der Waals surface area contributed by atoms with Gasteiger partial charge in [0, 0.05) is 22.4 Å². The van der Waals surface area contributed by atoms with Gasteiger partial charge >= 0.3 is 8.25 Å². The van der Waals surface area contributed by atoms with E-state index in [1.807, 2.05) is 0 Å². The second-order valence-corrected chi connectivity index (χ2v) is 2.19. The Morgan fingerprint density at radius 2 is 1.56 bits per heavy atom. The zero-order valence-electron chi connectivity index (χ0n) is 5.44. The first kappa shape index (κ1) is 12.6. The van der Waals surface area contributed by atoms with Crippen molar-refractivity contribution in [2.45, 2.75) is 13.8 Å². The first-order valence-corrected chi connectivity index (χ1v) is 3.83. The molecular weight excluding hydrogens is 324 g/mol. The van der Waals surface area contributed by atoms with Crippen molar-refractivity contribution >= 4 is 8.25 Å². The monoisotopic (exact) mass is 335 g/mol. The molecule has 0 amide bonds. The van der Waals surface area contributed by atoms with Gasteiger partial charge in [-0.25, -0.2) is 0 Å². The van der Waals surface area contributed by atoms with Gasteiger partial charge in [0.2, 0.25) is 0 Å². The molecule has 0 aromatic heterocycles. The number of hydrogen-bond acceptors (Lipinski definition) is 3. The van der Waals surface area contributed by atoms with Gasteiger partial charge < -0.3 is 9.05 Å². The molecular formula is C4H11AuO3P. The van der Waals surface area contributed by atoms with Crippen molar-refractivity contribution in [2.24, 2.45) is 0 Å². The fourth-order valence-electron chi connectivity index (χ4n) is 0.277. The maximum Gasteiger partial charge on any atom is 0.319 e. The van der Waals surface area contributed by atoms with Gasteiger partial charge in [0.1, 0.15) is 0 Å². The van der Waals surface area contributed by atoms with Crippen LogP contribution in [0.25, 0.3) is 0 Å². The van der Waals surface area contributed by atoms with Crippen molar-refractivity contribution in [2.75, 3.05) is 13.2 Å². The van der Waals surface area contributed by atoms with Crippen molar-refractivity contribution in [1.82, 2.24) is 0 Å². The number of rotatable bonds is 4. The van der Waals surface area contributed by atoms with Crippen LogP contribution in [0.4, 0.5) is 0 Å². The van der Waals surface area contributed by atoms with Crippen LogP contribution in [0.15, 0.2) is 0 Å². The Balaban J connectivity index is 0. The summed E-state index contributed by atoms with van der Waals surface area (Å²) in [4.78, 5) is 0. The van der Waals surface area contributed by atoms with Crippen molar-refractivity contribution < 1.29 is 36.0 Å². The molecule has 61 valence electrons. The normalized spacial score (nSPS) is 9.22. The van der Waals surface area contributed by atoms with Gasteiger partial charge in [-0.15, -0.1) is 0 Å². The maximum atomic E-state index is 10.4. The van der Waals surface area contributed by atoms with Crippen molar-refractivity contribution in [3.8, 4) is 0 Å². The van der Waals surface area contributed by atoms with Gasteiger partial charge in [0.25, 0.3) is 0 Å². The molecule has 0 aromatic rings. The second kappa shape index (κ2) is 8.89. The molecule has 3 nitrogen and oxygen atoms in total. The first-order chi connectivity index (χ1) is 3.81. The molecule has 0 rings (SSSR count). The van der Waals surface area contributed by atoms with Gasteiger partial charge in [-0.2, -0.15) is 0 Å². The first-order valence-electron chi connectivity index (χ1n) is 2.60. The van der Waals surface area contributed by atoms with E-state index in [2.05, 4.69) is 9.05 Å². The zero-order chi connectivity index (χ0) is 6.41. The van der Waals surface area contributed by atoms with Crippen LogP contribution in [0.1, 0.15) is 13.8 Å². The molecule has 0 saturated heterocycles. The third-order valence-electron chi connectivity index (χ3n) is 0.524. The molecule has 0 heterocycles. The largest absolute Gasteiger partial charge is 0.319 e. The van der Waals surface area contributed by atoms with Crippen LogP contribution in [0.5, 0.6) is 0 Å². The van der Waals surface area contributed by atoms with Crippen LogP contribution in [0.2, 0.25) is 0 Å². The molecule has 0 fully saturated rings. The Morgan fingerprint density at radius 3 is 1.78 bits per heavy atom. The summed E-state index contributed by atoms with van der Waals surface area (Å²) in [5, 5.41) is 0. The van der Waals surface area contributed by atoms with E-state index in [-0.39, 0.29) is 22.4 Å². The Hall–Kier alpha value is 0.890. The summed E-state index contributed by atoms with van der Waals surface area (Å²) in [5.41, 5.74) is 0. The molecule has 0 atom stereocenters. The molecule has 5 heteroatoms. The quantitative estimate of drug-likeness (QED) is 0.576. The van der Waals surface area contributed by atoms with Crippen LogP contribution in [0, 0.1) is 0 Å². The maximum absolute atomic E-state index is 10.4. The average Bonchev–Trinajstić information content (AvgIpc) is 1.68. The minimum atomic E-state index is -2.14. The van der Waals surface area contributed by atoms with Crippen LogP contribution < -0.4 is 0 Å². The molecule has 9 heavy (non-hydrogen) atoms. The van der Waals surface area contributed by atoms with E-state index in [1.54, 1.807) is 13.8 Å². The number of hydrogen-bond donors (Lipinski definition) is 0. The molecule has 0 aliphatic heterocycles. The topological polar surface area (TPSA) is 35.5 Å². The molecule has 0 aromatic carbocycles. The van der Waals surface area contributed by atoms with Crippen LogP contribution in [-0.4, -0.2) is 13.2 Å². The van der Waals surface area contributed by atoms with Crippen LogP contribution >= 0.6 is 8.25 Å². The summed E-state index contributed by atoms with van der Waals surface area (Å²) < 4.78 is 19.6. The molecule has 0 N–H and O–H groups in total. The smallest absolute Gasteiger partial charge is 0.311 e.